The van der Waals surface area contributed by atoms with Crippen LogP contribution in [0.15, 0.2) is 53.5 Å². The van der Waals surface area contributed by atoms with Crippen molar-refractivity contribution in [1.29, 1.82) is 0 Å². The summed E-state index contributed by atoms with van der Waals surface area (Å²) in [4.78, 5) is 40.8. The largest absolute Gasteiger partial charge is 0.484 e. The van der Waals surface area contributed by atoms with E-state index >= 15 is 0 Å². The second-order valence-electron chi connectivity index (χ2n) is 8.54. The van der Waals surface area contributed by atoms with Crippen molar-refractivity contribution in [2.75, 3.05) is 26.2 Å². The fourth-order valence-corrected chi connectivity index (χ4v) is 4.39. The monoisotopic (exact) mass is 445 g/mol. The fraction of sp³-hybridized carbons (Fsp3) is 0.360. The van der Waals surface area contributed by atoms with E-state index in [1.807, 2.05) is 47.4 Å². The van der Waals surface area contributed by atoms with E-state index in [1.54, 1.807) is 6.20 Å². The number of rotatable bonds is 6. The van der Waals surface area contributed by atoms with Gasteiger partial charge in [-0.05, 0) is 42.7 Å². The van der Waals surface area contributed by atoms with E-state index in [0.717, 1.165) is 62.3 Å². The van der Waals surface area contributed by atoms with E-state index in [1.165, 1.54) is 0 Å². The van der Waals surface area contributed by atoms with Crippen LogP contribution in [0.3, 0.4) is 0 Å². The molecule has 2 aliphatic heterocycles. The molecule has 0 radical (unpaired) electrons. The molecule has 1 saturated heterocycles. The molecule has 0 saturated carbocycles. The number of nitrogens with zero attached hydrogens (tertiary/aromatic N) is 4. The van der Waals surface area contributed by atoms with Crippen molar-refractivity contribution in [3.8, 4) is 17.3 Å². The summed E-state index contributed by atoms with van der Waals surface area (Å²) in [6.45, 7) is 3.87. The Kier molecular flexibility index (Phi) is 6.17. The Bertz CT molecular complexity index is 1170. The van der Waals surface area contributed by atoms with Crippen molar-refractivity contribution in [2.45, 2.75) is 32.4 Å². The second-order valence-corrected chi connectivity index (χ2v) is 8.54. The van der Waals surface area contributed by atoms with Crippen LogP contribution in [0, 0.1) is 0 Å². The van der Waals surface area contributed by atoms with E-state index in [0.29, 0.717) is 23.8 Å². The smallest absolute Gasteiger partial charge is 0.260 e. The summed E-state index contributed by atoms with van der Waals surface area (Å²) < 4.78 is 5.67. The second kappa shape index (κ2) is 9.54. The van der Waals surface area contributed by atoms with Crippen LogP contribution in [0.25, 0.3) is 11.5 Å². The summed E-state index contributed by atoms with van der Waals surface area (Å²) in [7, 11) is 0. The highest BCUT2D eigenvalue weighted by Gasteiger charge is 2.22. The van der Waals surface area contributed by atoms with Crippen molar-refractivity contribution >= 4 is 5.91 Å². The minimum Gasteiger partial charge on any atom is -0.484 e. The van der Waals surface area contributed by atoms with Gasteiger partial charge in [0.05, 0.1) is 11.3 Å². The molecule has 1 amide bonds. The Morgan fingerprint density at radius 2 is 1.88 bits per heavy atom. The van der Waals surface area contributed by atoms with Gasteiger partial charge in [0.25, 0.3) is 11.5 Å². The average molecular weight is 446 g/mol. The average Bonchev–Trinajstić information content (AvgIpc) is 3.39. The number of amides is 1. The summed E-state index contributed by atoms with van der Waals surface area (Å²) in [6.07, 6.45) is 4.57. The number of ether oxygens (including phenoxy) is 1. The van der Waals surface area contributed by atoms with Gasteiger partial charge in [0.2, 0.25) is 0 Å². The molecule has 1 fully saturated rings. The van der Waals surface area contributed by atoms with Gasteiger partial charge < -0.3 is 14.6 Å². The molecule has 0 bridgehead atoms. The van der Waals surface area contributed by atoms with E-state index < -0.39 is 0 Å². The molecule has 0 atom stereocenters. The predicted octanol–water partition coefficient (Wildman–Crippen LogP) is 2.39. The minimum absolute atomic E-state index is 0.0496. The zero-order valence-corrected chi connectivity index (χ0v) is 18.5. The molecule has 33 heavy (non-hydrogen) atoms. The third-order valence-electron chi connectivity index (χ3n) is 6.21. The maximum absolute atomic E-state index is 12.7. The highest BCUT2D eigenvalue weighted by atomic mass is 16.5. The van der Waals surface area contributed by atoms with Crippen LogP contribution >= 0.6 is 0 Å². The number of carbonyl (C=O) groups excluding carboxylic acids is 1. The number of aromatic amines is 1. The van der Waals surface area contributed by atoms with Crippen LogP contribution < -0.4 is 10.3 Å². The summed E-state index contributed by atoms with van der Waals surface area (Å²) >= 11 is 0. The fourth-order valence-electron chi connectivity index (χ4n) is 4.39. The molecular weight excluding hydrogens is 418 g/mol. The lowest BCUT2D eigenvalue weighted by atomic mass is 10.1. The molecule has 170 valence electrons. The van der Waals surface area contributed by atoms with E-state index in [2.05, 4.69) is 19.9 Å². The molecule has 0 unspecified atom stereocenters. The quantitative estimate of drug-likeness (QED) is 0.627. The third-order valence-corrected chi connectivity index (χ3v) is 6.21. The molecular formula is C25H27N5O3. The molecule has 2 aromatic heterocycles. The van der Waals surface area contributed by atoms with Crippen molar-refractivity contribution in [3.63, 3.8) is 0 Å². The highest BCUT2D eigenvalue weighted by molar-refractivity contribution is 5.78. The molecule has 8 nitrogen and oxygen atoms in total. The lowest BCUT2D eigenvalue weighted by Crippen LogP contribution is -2.35. The number of benzene rings is 1. The first-order valence-electron chi connectivity index (χ1n) is 11.4. The van der Waals surface area contributed by atoms with Crippen molar-refractivity contribution in [3.05, 3.63) is 75.8 Å². The maximum Gasteiger partial charge on any atom is 0.260 e. The van der Waals surface area contributed by atoms with Crippen LogP contribution in [0.4, 0.5) is 0 Å². The zero-order valence-electron chi connectivity index (χ0n) is 18.5. The van der Waals surface area contributed by atoms with Gasteiger partial charge in [-0.25, -0.2) is 4.98 Å². The van der Waals surface area contributed by atoms with Gasteiger partial charge in [-0.1, -0.05) is 18.2 Å². The van der Waals surface area contributed by atoms with Gasteiger partial charge in [0.1, 0.15) is 11.4 Å². The van der Waals surface area contributed by atoms with Gasteiger partial charge in [-0.2, -0.15) is 0 Å². The number of carbonyl (C=O) groups is 1. The molecule has 0 spiro atoms. The summed E-state index contributed by atoms with van der Waals surface area (Å²) in [5, 5.41) is 0. The van der Waals surface area contributed by atoms with E-state index in [-0.39, 0.29) is 18.1 Å². The lowest BCUT2D eigenvalue weighted by Gasteiger charge is -2.27. The van der Waals surface area contributed by atoms with Crippen molar-refractivity contribution < 1.29 is 9.53 Å². The van der Waals surface area contributed by atoms with Gasteiger partial charge in [-0.3, -0.25) is 19.5 Å². The molecule has 4 heterocycles. The Balaban J connectivity index is 1.19. The number of likely N-dealkylation sites (tertiary alicyclic amines) is 1. The normalized spacial score (nSPS) is 15.9. The first kappa shape index (κ1) is 21.3. The lowest BCUT2D eigenvalue weighted by molar-refractivity contribution is -0.132. The van der Waals surface area contributed by atoms with Crippen LogP contribution in [0.1, 0.15) is 29.7 Å². The number of hydrogen-bond acceptors (Lipinski definition) is 6. The number of nitrogens with one attached hydrogen (secondary N) is 1. The van der Waals surface area contributed by atoms with Crippen molar-refractivity contribution in [1.82, 2.24) is 24.8 Å². The molecule has 3 aromatic rings. The molecule has 1 N–H and O–H groups in total. The zero-order chi connectivity index (χ0) is 22.6. The molecule has 8 heteroatoms. The minimum atomic E-state index is -0.100. The van der Waals surface area contributed by atoms with Crippen LogP contribution in [-0.4, -0.2) is 56.9 Å². The topological polar surface area (TPSA) is 91.4 Å². The summed E-state index contributed by atoms with van der Waals surface area (Å²) in [6, 6.07) is 13.4. The number of fused-ring (bicyclic) bond motifs is 1. The number of H-pyrrole nitrogens is 1. The predicted molar refractivity (Wildman–Crippen MR) is 124 cm³/mol. The summed E-state index contributed by atoms with van der Waals surface area (Å²) in [5.41, 5.74) is 3.27. The SMILES string of the molecule is O=C(COc1ccc(CN2CCc3nc(-c4ccccn4)[nH]c(=O)c3C2)cc1)N1CCCC1. The Labute approximate surface area is 192 Å². The number of aromatic nitrogens is 3. The first-order valence-corrected chi connectivity index (χ1v) is 11.4. The number of pyridine rings is 1. The molecule has 5 rings (SSSR count). The molecule has 0 aliphatic carbocycles. The molecule has 1 aromatic carbocycles. The summed E-state index contributed by atoms with van der Waals surface area (Å²) in [5.74, 6) is 1.26. The van der Waals surface area contributed by atoms with Gasteiger partial charge in [0.15, 0.2) is 12.4 Å². The van der Waals surface area contributed by atoms with Gasteiger partial charge >= 0.3 is 0 Å². The standard InChI is InChI=1S/C25H27N5O3/c31-23(30-12-3-4-13-30)17-33-19-8-6-18(7-9-19)15-29-14-10-21-20(16-29)25(32)28-24(27-21)22-5-1-2-11-26-22/h1-2,5-9,11H,3-4,10,12-17H2,(H,27,28,32). The van der Waals surface area contributed by atoms with Crippen LogP contribution in [0.2, 0.25) is 0 Å². The number of hydrogen-bond donors (Lipinski definition) is 1. The van der Waals surface area contributed by atoms with Gasteiger partial charge in [-0.15, -0.1) is 0 Å². The van der Waals surface area contributed by atoms with Crippen molar-refractivity contribution in [2.24, 2.45) is 0 Å². The molecule has 2 aliphatic rings. The third kappa shape index (κ3) is 4.96. The Morgan fingerprint density at radius 3 is 2.64 bits per heavy atom. The van der Waals surface area contributed by atoms with E-state index in [9.17, 15) is 9.59 Å². The van der Waals surface area contributed by atoms with E-state index in [4.69, 9.17) is 4.74 Å². The van der Waals surface area contributed by atoms with Crippen LogP contribution in [0.5, 0.6) is 5.75 Å². The maximum atomic E-state index is 12.7. The Hall–Kier alpha value is -3.52. The first-order chi connectivity index (χ1) is 16.2. The Morgan fingerprint density at radius 1 is 1.06 bits per heavy atom. The van der Waals surface area contributed by atoms with Gasteiger partial charge in [0, 0.05) is 45.3 Å². The van der Waals surface area contributed by atoms with Crippen LogP contribution in [-0.2, 0) is 24.3 Å². The highest BCUT2D eigenvalue weighted by Crippen LogP contribution is 2.20.